The molecule has 0 N–H and O–H groups in total. The molecule has 0 aromatic carbocycles. The van der Waals surface area contributed by atoms with Gasteiger partial charge in [0.25, 0.3) is 5.91 Å². The van der Waals surface area contributed by atoms with Gasteiger partial charge in [-0.3, -0.25) is 9.78 Å². The number of amides is 1. The molecule has 0 saturated carbocycles. The van der Waals surface area contributed by atoms with Crippen molar-refractivity contribution in [2.24, 2.45) is 0 Å². The molecular formula is C21H21N5O. The van der Waals surface area contributed by atoms with Crippen LogP contribution in [0.3, 0.4) is 0 Å². The molecule has 1 aliphatic carbocycles. The van der Waals surface area contributed by atoms with Gasteiger partial charge in [0.2, 0.25) is 0 Å². The van der Waals surface area contributed by atoms with Gasteiger partial charge in [0.15, 0.2) is 0 Å². The number of piperazine rings is 1. The summed E-state index contributed by atoms with van der Waals surface area (Å²) in [6.07, 6.45) is 8.52. The third-order valence-corrected chi connectivity index (χ3v) is 5.53. The average molecular weight is 359 g/mol. The van der Waals surface area contributed by atoms with Crippen LogP contribution in [0.25, 0.3) is 11.1 Å². The van der Waals surface area contributed by atoms with Crippen LogP contribution in [-0.4, -0.2) is 63.5 Å². The van der Waals surface area contributed by atoms with E-state index in [2.05, 4.69) is 46.3 Å². The SMILES string of the molecule is CN1CCN(C(=O)c2cnn3ccc(C4=CCc5ncccc54)cc23)CC1. The van der Waals surface area contributed by atoms with Gasteiger partial charge in [-0.25, -0.2) is 4.52 Å². The van der Waals surface area contributed by atoms with Gasteiger partial charge in [-0.2, -0.15) is 5.10 Å². The molecule has 0 atom stereocenters. The quantitative estimate of drug-likeness (QED) is 0.703. The molecule has 1 fully saturated rings. The zero-order valence-electron chi connectivity index (χ0n) is 15.3. The highest BCUT2D eigenvalue weighted by Gasteiger charge is 2.24. The molecular weight excluding hydrogens is 338 g/mol. The number of allylic oxidation sites excluding steroid dienone is 1. The van der Waals surface area contributed by atoms with Gasteiger partial charge in [0.1, 0.15) is 0 Å². The maximum atomic E-state index is 13.0. The molecule has 2 aliphatic rings. The van der Waals surface area contributed by atoms with Gasteiger partial charge in [-0.15, -0.1) is 0 Å². The van der Waals surface area contributed by atoms with Gasteiger partial charge in [0.05, 0.1) is 23.0 Å². The lowest BCUT2D eigenvalue weighted by atomic mass is 10.0. The van der Waals surface area contributed by atoms with Crippen molar-refractivity contribution in [2.45, 2.75) is 6.42 Å². The summed E-state index contributed by atoms with van der Waals surface area (Å²) < 4.78 is 1.78. The third kappa shape index (κ3) is 2.73. The Morgan fingerprint density at radius 3 is 2.85 bits per heavy atom. The zero-order valence-corrected chi connectivity index (χ0v) is 15.3. The first-order chi connectivity index (χ1) is 13.2. The highest BCUT2D eigenvalue weighted by molar-refractivity contribution is 6.01. The van der Waals surface area contributed by atoms with E-state index in [0.717, 1.165) is 49.4 Å². The molecule has 1 amide bonds. The normalized spacial score (nSPS) is 17.2. The summed E-state index contributed by atoms with van der Waals surface area (Å²) in [7, 11) is 2.09. The topological polar surface area (TPSA) is 53.7 Å². The van der Waals surface area contributed by atoms with Crippen molar-refractivity contribution in [2.75, 3.05) is 33.2 Å². The van der Waals surface area contributed by atoms with Crippen molar-refractivity contribution in [3.05, 3.63) is 71.3 Å². The minimum absolute atomic E-state index is 0.0673. The molecule has 3 aromatic rings. The van der Waals surface area contributed by atoms with E-state index in [0.29, 0.717) is 5.56 Å². The van der Waals surface area contributed by atoms with E-state index in [1.165, 1.54) is 11.1 Å². The van der Waals surface area contributed by atoms with Crippen molar-refractivity contribution in [3.8, 4) is 0 Å². The van der Waals surface area contributed by atoms with Crippen molar-refractivity contribution in [1.82, 2.24) is 24.4 Å². The maximum Gasteiger partial charge on any atom is 0.257 e. The molecule has 6 nitrogen and oxygen atoms in total. The largest absolute Gasteiger partial charge is 0.336 e. The summed E-state index contributed by atoms with van der Waals surface area (Å²) in [6.45, 7) is 3.34. The predicted molar refractivity (Wildman–Crippen MR) is 104 cm³/mol. The number of nitrogens with zero attached hydrogens (tertiary/aromatic N) is 5. The molecule has 0 radical (unpaired) electrons. The standard InChI is InChI=1S/C21H21N5O/c1-24-9-11-25(12-10-24)21(27)18-14-23-26-8-6-15(13-20(18)26)16-4-5-19-17(16)3-2-7-22-19/h2-4,6-8,13-14H,5,9-12H2,1H3. The van der Waals surface area contributed by atoms with Gasteiger partial charge in [-0.05, 0) is 36.4 Å². The molecule has 5 rings (SSSR count). The van der Waals surface area contributed by atoms with E-state index >= 15 is 0 Å². The van der Waals surface area contributed by atoms with Crippen LogP contribution >= 0.6 is 0 Å². The van der Waals surface area contributed by atoms with E-state index < -0.39 is 0 Å². The first-order valence-corrected chi connectivity index (χ1v) is 9.31. The summed E-state index contributed by atoms with van der Waals surface area (Å²) in [6, 6.07) is 8.21. The number of hydrogen-bond donors (Lipinski definition) is 0. The Kier molecular flexibility index (Phi) is 3.79. The average Bonchev–Trinajstić information content (AvgIpc) is 3.32. The minimum Gasteiger partial charge on any atom is -0.336 e. The van der Waals surface area contributed by atoms with Crippen LogP contribution in [0.4, 0.5) is 0 Å². The lowest BCUT2D eigenvalue weighted by Gasteiger charge is -2.32. The van der Waals surface area contributed by atoms with E-state index in [9.17, 15) is 4.79 Å². The summed E-state index contributed by atoms with van der Waals surface area (Å²) in [4.78, 5) is 21.7. The minimum atomic E-state index is 0.0673. The summed E-state index contributed by atoms with van der Waals surface area (Å²) in [5.74, 6) is 0.0673. The highest BCUT2D eigenvalue weighted by atomic mass is 16.2. The zero-order chi connectivity index (χ0) is 18.4. The number of hydrogen-bond acceptors (Lipinski definition) is 4. The van der Waals surface area contributed by atoms with Crippen molar-refractivity contribution in [3.63, 3.8) is 0 Å². The van der Waals surface area contributed by atoms with E-state index in [1.54, 1.807) is 10.7 Å². The predicted octanol–water partition coefficient (Wildman–Crippen LogP) is 2.10. The summed E-state index contributed by atoms with van der Waals surface area (Å²) in [5, 5.41) is 4.39. The monoisotopic (exact) mass is 359 g/mol. The van der Waals surface area contributed by atoms with Crippen LogP contribution in [0.1, 0.15) is 27.2 Å². The second kappa shape index (κ2) is 6.32. The number of fused-ring (bicyclic) bond motifs is 2. The van der Waals surface area contributed by atoms with Crippen molar-refractivity contribution < 1.29 is 4.79 Å². The molecule has 0 unspecified atom stereocenters. The van der Waals surface area contributed by atoms with Gasteiger partial charge in [-0.1, -0.05) is 12.1 Å². The van der Waals surface area contributed by atoms with E-state index in [-0.39, 0.29) is 5.91 Å². The van der Waals surface area contributed by atoms with Gasteiger partial charge >= 0.3 is 0 Å². The Morgan fingerprint density at radius 1 is 1.15 bits per heavy atom. The fraction of sp³-hybridized carbons (Fsp3) is 0.286. The van der Waals surface area contributed by atoms with Crippen LogP contribution in [0.15, 0.2) is 48.9 Å². The van der Waals surface area contributed by atoms with Crippen LogP contribution in [-0.2, 0) is 6.42 Å². The maximum absolute atomic E-state index is 13.0. The third-order valence-electron chi connectivity index (χ3n) is 5.53. The molecule has 136 valence electrons. The van der Waals surface area contributed by atoms with E-state index in [1.807, 2.05) is 23.4 Å². The molecule has 3 aromatic heterocycles. The number of carbonyl (C=O) groups is 1. The number of pyridine rings is 2. The van der Waals surface area contributed by atoms with Crippen molar-refractivity contribution >= 4 is 17.0 Å². The van der Waals surface area contributed by atoms with Crippen molar-refractivity contribution in [1.29, 1.82) is 0 Å². The van der Waals surface area contributed by atoms with Gasteiger partial charge in [0, 0.05) is 50.6 Å². The second-order valence-corrected chi connectivity index (χ2v) is 7.22. The Hall–Kier alpha value is -2.99. The Morgan fingerprint density at radius 2 is 2.00 bits per heavy atom. The van der Waals surface area contributed by atoms with E-state index in [4.69, 9.17) is 0 Å². The molecule has 1 aliphatic heterocycles. The summed E-state index contributed by atoms with van der Waals surface area (Å²) in [5.41, 5.74) is 6.09. The first-order valence-electron chi connectivity index (χ1n) is 9.31. The Balaban J connectivity index is 1.51. The number of likely N-dealkylation sites (N-methyl/N-ethyl adjacent to an activating group) is 1. The second-order valence-electron chi connectivity index (χ2n) is 7.22. The van der Waals surface area contributed by atoms with Crippen LogP contribution in [0, 0.1) is 0 Å². The van der Waals surface area contributed by atoms with Crippen LogP contribution in [0.5, 0.6) is 0 Å². The molecule has 27 heavy (non-hydrogen) atoms. The molecule has 0 spiro atoms. The number of aromatic nitrogens is 3. The fourth-order valence-corrected chi connectivity index (χ4v) is 3.92. The highest BCUT2D eigenvalue weighted by Crippen LogP contribution is 2.32. The molecule has 0 bridgehead atoms. The fourth-order valence-electron chi connectivity index (χ4n) is 3.92. The summed E-state index contributed by atoms with van der Waals surface area (Å²) >= 11 is 0. The lowest BCUT2D eigenvalue weighted by molar-refractivity contribution is 0.0666. The number of carbonyl (C=O) groups excluding carboxylic acids is 1. The lowest BCUT2D eigenvalue weighted by Crippen LogP contribution is -2.47. The number of rotatable bonds is 2. The molecule has 4 heterocycles. The molecule has 6 heteroatoms. The smallest absolute Gasteiger partial charge is 0.257 e. The Bertz CT molecular complexity index is 1060. The van der Waals surface area contributed by atoms with Gasteiger partial charge < -0.3 is 9.80 Å². The van der Waals surface area contributed by atoms with Crippen LogP contribution in [0.2, 0.25) is 0 Å². The molecule has 1 saturated heterocycles. The van der Waals surface area contributed by atoms with Crippen LogP contribution < -0.4 is 0 Å². The Labute approximate surface area is 157 Å². The first kappa shape index (κ1) is 16.2.